The average Bonchev–Trinajstić information content (AvgIpc) is 3.66. The van der Waals surface area contributed by atoms with Gasteiger partial charge in [-0.25, -0.2) is 0 Å². The lowest BCUT2D eigenvalue weighted by Crippen LogP contribution is -2.60. The maximum absolute atomic E-state index is 14.4. The quantitative estimate of drug-likeness (QED) is 0.0517. The van der Waals surface area contributed by atoms with Crippen LogP contribution in [-0.2, 0) is 51.2 Å². The first kappa shape index (κ1) is 48.6. The summed E-state index contributed by atoms with van der Waals surface area (Å²) in [5, 5.41) is 16.9. The molecule has 0 radical (unpaired) electrons. The van der Waals surface area contributed by atoms with Crippen LogP contribution in [0.2, 0.25) is 0 Å². The molecule has 4 rings (SSSR count). The van der Waals surface area contributed by atoms with Crippen molar-refractivity contribution in [2.45, 2.75) is 107 Å². The smallest absolute Gasteiger partial charge is 0.243 e. The Morgan fingerprint density at radius 2 is 1.27 bits per heavy atom. The first-order valence-corrected chi connectivity index (χ1v) is 20.9. The van der Waals surface area contributed by atoms with E-state index in [-0.39, 0.29) is 76.8 Å². The second-order valence-corrected chi connectivity index (χ2v) is 15.4. The lowest BCUT2D eigenvalue weighted by atomic mass is 10.0. The van der Waals surface area contributed by atoms with Gasteiger partial charge in [0.15, 0.2) is 5.96 Å². The molecule has 1 fully saturated rings. The predicted molar refractivity (Wildman–Crippen MR) is 233 cm³/mol. The Morgan fingerprint density at radius 1 is 0.667 bits per heavy atom. The number of hydrogen-bond donors (Lipinski definition) is 12. The monoisotopic (exact) mass is 873 g/mol. The number of fused-ring (bicyclic) bond motifs is 1. The summed E-state index contributed by atoms with van der Waals surface area (Å²) >= 11 is 0. The van der Waals surface area contributed by atoms with Crippen LogP contribution in [0.5, 0.6) is 0 Å². The summed E-state index contributed by atoms with van der Waals surface area (Å²) in [5.74, 6) is -6.11. The van der Waals surface area contributed by atoms with E-state index in [0.29, 0.717) is 24.0 Å². The molecular formula is C42H59N13O8. The third-order valence-corrected chi connectivity index (χ3v) is 10.5. The number of guanidine groups is 1. The Balaban J connectivity index is 1.73. The number of H-pyrrole nitrogens is 1. The van der Waals surface area contributed by atoms with Crippen LogP contribution in [0.1, 0.15) is 68.9 Å². The van der Waals surface area contributed by atoms with Crippen molar-refractivity contribution in [2.75, 3.05) is 13.1 Å². The summed E-state index contributed by atoms with van der Waals surface area (Å²) < 4.78 is 0. The van der Waals surface area contributed by atoms with Crippen LogP contribution in [0, 0.1) is 0 Å². The van der Waals surface area contributed by atoms with E-state index in [1.807, 2.05) is 24.3 Å². The maximum atomic E-state index is 14.4. The third-order valence-electron chi connectivity index (χ3n) is 10.5. The van der Waals surface area contributed by atoms with Crippen molar-refractivity contribution in [1.29, 1.82) is 0 Å². The standard InChI is InChI=1S/C42H59N13O8/c43-27-15-18-35(57)48-19-7-6-13-29(36(45)58)51-41(63)33(22-25-23-50-28-12-5-4-11-26(25)28)55-38(60)30(14-8-20-49-42(46)47)53-40(62)32(21-24-9-2-1-3-10-24)54-39(61)31(52-37(27)59)16-17-34(44)56/h1-5,9-12,23,27,29-33,50H,6-8,13-22,43H2,(H2,44,56)(H2,45,58)(H,48,57)(H,51,63)(H,52,59)(H,53,62)(H,54,61)(H,55,60)(H4,46,47,49)/t27-,29-,30-,31-,32+,33-/m0/s1. The Bertz CT molecular complexity index is 2110. The summed E-state index contributed by atoms with van der Waals surface area (Å²) in [6.07, 6.45) is 1.84. The van der Waals surface area contributed by atoms with E-state index >= 15 is 0 Å². The Kier molecular flexibility index (Phi) is 18.9. The lowest BCUT2D eigenvalue weighted by Gasteiger charge is -2.27. The molecule has 8 amide bonds. The highest BCUT2D eigenvalue weighted by Gasteiger charge is 2.33. The van der Waals surface area contributed by atoms with Crippen LogP contribution in [0.25, 0.3) is 10.9 Å². The van der Waals surface area contributed by atoms with Crippen molar-refractivity contribution in [2.24, 2.45) is 33.7 Å². The molecule has 0 spiro atoms. The van der Waals surface area contributed by atoms with Crippen LogP contribution in [-0.4, -0.2) is 108 Å². The second kappa shape index (κ2) is 24.4. The van der Waals surface area contributed by atoms with Crippen molar-refractivity contribution in [3.63, 3.8) is 0 Å². The van der Waals surface area contributed by atoms with Crippen LogP contribution < -0.4 is 60.6 Å². The fourth-order valence-electron chi connectivity index (χ4n) is 6.98. The number of amides is 8. The van der Waals surface area contributed by atoms with Crippen LogP contribution in [0.15, 0.2) is 65.8 Å². The number of nitrogens with two attached hydrogens (primary N) is 5. The van der Waals surface area contributed by atoms with Gasteiger partial charge in [-0.05, 0) is 62.1 Å². The Labute approximate surface area is 364 Å². The van der Waals surface area contributed by atoms with Crippen molar-refractivity contribution < 1.29 is 38.4 Å². The van der Waals surface area contributed by atoms with Crippen molar-refractivity contribution in [3.05, 3.63) is 71.9 Å². The van der Waals surface area contributed by atoms with E-state index in [4.69, 9.17) is 28.7 Å². The van der Waals surface area contributed by atoms with E-state index in [1.54, 1.807) is 36.5 Å². The summed E-state index contributed by atoms with van der Waals surface area (Å²) in [6.45, 7) is 0.285. The highest BCUT2D eigenvalue weighted by atomic mass is 16.2. The van der Waals surface area contributed by atoms with Crippen LogP contribution in [0.3, 0.4) is 0 Å². The minimum atomic E-state index is -1.38. The number of para-hydroxylation sites is 1. The zero-order chi connectivity index (χ0) is 45.9. The first-order chi connectivity index (χ1) is 30.1. The van der Waals surface area contributed by atoms with Gasteiger partial charge < -0.3 is 65.6 Å². The average molecular weight is 874 g/mol. The van der Waals surface area contributed by atoms with Crippen molar-refractivity contribution in [1.82, 2.24) is 36.9 Å². The second-order valence-electron chi connectivity index (χ2n) is 15.4. The molecule has 1 aliphatic rings. The molecule has 3 aromatic rings. The van der Waals surface area contributed by atoms with Gasteiger partial charge in [0.2, 0.25) is 47.3 Å². The van der Waals surface area contributed by atoms with Gasteiger partial charge in [0.05, 0.1) is 6.04 Å². The molecule has 2 aromatic carbocycles. The Morgan fingerprint density at radius 3 is 1.95 bits per heavy atom. The molecular weight excluding hydrogens is 815 g/mol. The molecule has 63 heavy (non-hydrogen) atoms. The van der Waals surface area contributed by atoms with Gasteiger partial charge in [-0.3, -0.25) is 43.3 Å². The molecule has 0 bridgehead atoms. The molecule has 6 atom stereocenters. The molecule has 21 nitrogen and oxygen atoms in total. The van der Waals surface area contributed by atoms with Gasteiger partial charge in [-0.2, -0.15) is 0 Å². The predicted octanol–water partition coefficient (Wildman–Crippen LogP) is -2.41. The lowest BCUT2D eigenvalue weighted by molar-refractivity contribution is -0.135. The van der Waals surface area contributed by atoms with Crippen LogP contribution in [0.4, 0.5) is 0 Å². The summed E-state index contributed by atoms with van der Waals surface area (Å²) in [6, 6.07) is 8.29. The van der Waals surface area contributed by atoms with E-state index in [0.717, 1.165) is 10.9 Å². The van der Waals surface area contributed by atoms with Crippen molar-refractivity contribution in [3.8, 4) is 0 Å². The maximum Gasteiger partial charge on any atom is 0.243 e. The molecule has 17 N–H and O–H groups in total. The molecule has 21 heteroatoms. The highest BCUT2D eigenvalue weighted by Crippen LogP contribution is 2.20. The minimum absolute atomic E-state index is 0.0303. The highest BCUT2D eigenvalue weighted by molar-refractivity contribution is 5.97. The zero-order valence-corrected chi connectivity index (χ0v) is 35.0. The van der Waals surface area contributed by atoms with Gasteiger partial charge in [0.25, 0.3) is 0 Å². The number of carbonyl (C=O) groups is 8. The number of benzene rings is 2. The molecule has 1 saturated heterocycles. The number of aromatic nitrogens is 1. The number of nitrogens with one attached hydrogen (secondary N) is 7. The number of nitrogens with zero attached hydrogens (tertiary/aromatic N) is 1. The number of aliphatic imine (C=N–C) groups is 1. The van der Waals surface area contributed by atoms with Crippen molar-refractivity contribution >= 4 is 64.1 Å². The van der Waals surface area contributed by atoms with E-state index in [9.17, 15) is 38.4 Å². The number of primary amides is 2. The molecule has 1 aliphatic heterocycles. The summed E-state index contributed by atoms with van der Waals surface area (Å²) in [4.78, 5) is 114. The van der Waals surface area contributed by atoms with E-state index in [2.05, 4.69) is 41.9 Å². The van der Waals surface area contributed by atoms with Crippen LogP contribution >= 0.6 is 0 Å². The number of aromatic amines is 1. The fraction of sp³-hybridized carbons (Fsp3) is 0.452. The summed E-state index contributed by atoms with van der Waals surface area (Å²) in [7, 11) is 0. The molecule has 0 saturated carbocycles. The topological polar surface area (TPSA) is 367 Å². The molecule has 2 heterocycles. The normalized spacial score (nSPS) is 22.8. The molecule has 340 valence electrons. The zero-order valence-electron chi connectivity index (χ0n) is 35.0. The summed E-state index contributed by atoms with van der Waals surface area (Å²) in [5.41, 5.74) is 30.3. The molecule has 0 aliphatic carbocycles. The van der Waals surface area contributed by atoms with Gasteiger partial charge >= 0.3 is 0 Å². The third kappa shape index (κ3) is 16.1. The van der Waals surface area contributed by atoms with E-state index < -0.39 is 83.5 Å². The Hall–Kier alpha value is -7.03. The minimum Gasteiger partial charge on any atom is -0.370 e. The van der Waals surface area contributed by atoms with Gasteiger partial charge in [-0.15, -0.1) is 0 Å². The molecule has 0 unspecified atom stereocenters. The number of carbonyl (C=O) groups excluding carboxylic acids is 8. The number of hydrogen-bond acceptors (Lipinski definition) is 10. The van der Waals surface area contributed by atoms with E-state index in [1.165, 1.54) is 0 Å². The number of rotatable bonds is 12. The first-order valence-electron chi connectivity index (χ1n) is 20.9. The fourth-order valence-corrected chi connectivity index (χ4v) is 6.98. The van der Waals surface area contributed by atoms with Gasteiger partial charge in [0, 0.05) is 55.9 Å². The molecule has 1 aromatic heterocycles. The largest absolute Gasteiger partial charge is 0.370 e. The SMILES string of the molecule is NC(=O)CC[C@@H]1NC(=O)[C@@H](N)CCC(=O)NCCCC[C@@H](C(N)=O)NC(=O)[C@H](Cc2c[nH]c3ccccc23)NC(=O)[C@H](CCCN=C(N)N)NC(=O)[C@@H](Cc2ccccc2)NC1=O. The van der Waals surface area contributed by atoms with Gasteiger partial charge in [0.1, 0.15) is 30.2 Å². The van der Waals surface area contributed by atoms with Gasteiger partial charge in [-0.1, -0.05) is 48.5 Å².